The highest BCUT2D eigenvalue weighted by Crippen LogP contribution is 2.31. The Hall–Kier alpha value is -3.67. The molecule has 1 aromatic heterocycles. The molecule has 0 aliphatic heterocycles. The number of amides is 1. The van der Waals surface area contributed by atoms with E-state index in [-0.39, 0.29) is 31.3 Å². The molecule has 0 saturated carbocycles. The summed E-state index contributed by atoms with van der Waals surface area (Å²) in [5.74, 6) is 0.403. The highest BCUT2D eigenvalue weighted by molar-refractivity contribution is 5.82. The van der Waals surface area contributed by atoms with Crippen LogP contribution in [0.5, 0.6) is 5.75 Å². The highest BCUT2D eigenvalue weighted by Gasteiger charge is 2.30. The lowest BCUT2D eigenvalue weighted by Crippen LogP contribution is -2.45. The fraction of sp³-hybridized carbons (Fsp3) is 0.333. The van der Waals surface area contributed by atoms with Crippen LogP contribution in [0.25, 0.3) is 16.6 Å². The standard InChI is InChI=1S/C29H32FN3O2.CH4/c1-5-9-25(32-28(34)29(2,3)4)27(20-10-7-6-8-11-20)35-24-16-17-26-21(18-24)19-31-33(26)23-14-12-22(30)13-15-23;/h6-8,10-19,25,27H,5,9H2,1-4H3,(H,32,34);1H4/t25-,27+;/m0./s1. The Morgan fingerprint density at radius 2 is 1.75 bits per heavy atom. The van der Waals surface area contributed by atoms with E-state index in [9.17, 15) is 9.18 Å². The van der Waals surface area contributed by atoms with Crippen molar-refractivity contribution < 1.29 is 13.9 Å². The minimum Gasteiger partial charge on any atom is -0.484 e. The second-order valence-corrected chi connectivity index (χ2v) is 9.82. The largest absolute Gasteiger partial charge is 0.484 e. The number of ether oxygens (including phenoxy) is 1. The third-order valence-corrected chi connectivity index (χ3v) is 5.96. The first kappa shape index (κ1) is 26.9. The molecule has 0 aliphatic rings. The van der Waals surface area contributed by atoms with Crippen molar-refractivity contribution in [2.75, 3.05) is 0 Å². The number of halogens is 1. The topological polar surface area (TPSA) is 56.1 Å². The number of fused-ring (bicyclic) bond motifs is 1. The van der Waals surface area contributed by atoms with E-state index in [4.69, 9.17) is 4.74 Å². The van der Waals surface area contributed by atoms with E-state index < -0.39 is 5.41 Å². The van der Waals surface area contributed by atoms with Crippen molar-refractivity contribution in [3.05, 3.63) is 90.4 Å². The van der Waals surface area contributed by atoms with E-state index in [1.54, 1.807) is 23.0 Å². The molecule has 6 heteroatoms. The van der Waals surface area contributed by atoms with Crippen LogP contribution < -0.4 is 10.1 Å². The van der Waals surface area contributed by atoms with Gasteiger partial charge in [0.1, 0.15) is 17.7 Å². The molecule has 3 aromatic carbocycles. The Kier molecular flexibility index (Phi) is 8.51. The van der Waals surface area contributed by atoms with Crippen LogP contribution >= 0.6 is 0 Å². The number of hydrogen-bond acceptors (Lipinski definition) is 3. The van der Waals surface area contributed by atoms with E-state index in [0.29, 0.717) is 5.75 Å². The summed E-state index contributed by atoms with van der Waals surface area (Å²) in [6.07, 6.45) is 3.11. The third kappa shape index (κ3) is 6.11. The second-order valence-electron chi connectivity index (χ2n) is 9.82. The Morgan fingerprint density at radius 3 is 2.39 bits per heavy atom. The van der Waals surface area contributed by atoms with Crippen LogP contribution in [0.2, 0.25) is 0 Å². The molecule has 0 saturated heterocycles. The van der Waals surface area contributed by atoms with Gasteiger partial charge in [-0.15, -0.1) is 0 Å². The molecule has 0 radical (unpaired) electrons. The maximum absolute atomic E-state index is 13.3. The maximum Gasteiger partial charge on any atom is 0.225 e. The normalized spacial score (nSPS) is 13.0. The van der Waals surface area contributed by atoms with E-state index in [1.807, 2.05) is 69.3 Å². The average Bonchev–Trinajstić information content (AvgIpc) is 3.26. The van der Waals surface area contributed by atoms with Gasteiger partial charge in [-0.3, -0.25) is 4.79 Å². The first-order chi connectivity index (χ1) is 16.8. The van der Waals surface area contributed by atoms with Gasteiger partial charge < -0.3 is 10.1 Å². The summed E-state index contributed by atoms with van der Waals surface area (Å²) in [5, 5.41) is 8.63. The van der Waals surface area contributed by atoms with Gasteiger partial charge in [0.2, 0.25) is 5.91 Å². The second kappa shape index (κ2) is 11.4. The van der Waals surface area contributed by atoms with E-state index in [1.165, 1.54) is 12.1 Å². The molecule has 4 aromatic rings. The summed E-state index contributed by atoms with van der Waals surface area (Å²) >= 11 is 0. The molecule has 1 amide bonds. The summed E-state index contributed by atoms with van der Waals surface area (Å²) in [6, 6.07) is 21.9. The van der Waals surface area contributed by atoms with Gasteiger partial charge in [-0.05, 0) is 54.4 Å². The van der Waals surface area contributed by atoms with E-state index >= 15 is 0 Å². The first-order valence-corrected chi connectivity index (χ1v) is 12.0. The Balaban J connectivity index is 0.00000361. The summed E-state index contributed by atoms with van der Waals surface area (Å²) in [7, 11) is 0. The van der Waals surface area contributed by atoms with Crippen molar-refractivity contribution in [3.63, 3.8) is 0 Å². The van der Waals surface area contributed by atoms with Crippen LogP contribution in [0.4, 0.5) is 4.39 Å². The number of rotatable bonds is 8. The Labute approximate surface area is 213 Å². The predicted octanol–water partition coefficient (Wildman–Crippen LogP) is 7.25. The van der Waals surface area contributed by atoms with Gasteiger partial charge >= 0.3 is 0 Å². The van der Waals surface area contributed by atoms with Gasteiger partial charge in [0.25, 0.3) is 0 Å². The Bertz CT molecular complexity index is 1280. The number of hydrogen-bond donors (Lipinski definition) is 1. The van der Waals surface area contributed by atoms with Gasteiger partial charge in [0.05, 0.1) is 23.4 Å². The molecule has 0 spiro atoms. The number of benzene rings is 3. The zero-order chi connectivity index (χ0) is 25.0. The monoisotopic (exact) mass is 489 g/mol. The highest BCUT2D eigenvalue weighted by atomic mass is 19.1. The average molecular weight is 490 g/mol. The fourth-order valence-corrected chi connectivity index (χ4v) is 4.04. The molecule has 1 heterocycles. The fourth-order valence-electron chi connectivity index (χ4n) is 4.04. The van der Waals surface area contributed by atoms with Gasteiger partial charge in [-0.2, -0.15) is 5.10 Å². The minimum atomic E-state index is -0.499. The summed E-state index contributed by atoms with van der Waals surface area (Å²) in [4.78, 5) is 12.9. The van der Waals surface area contributed by atoms with Crippen molar-refractivity contribution >= 4 is 16.8 Å². The van der Waals surface area contributed by atoms with Crippen LogP contribution in [-0.4, -0.2) is 21.7 Å². The number of carbonyl (C=O) groups excluding carboxylic acids is 1. The zero-order valence-electron chi connectivity index (χ0n) is 20.7. The molecule has 190 valence electrons. The van der Waals surface area contributed by atoms with Crippen LogP contribution in [0.3, 0.4) is 0 Å². The van der Waals surface area contributed by atoms with E-state index in [2.05, 4.69) is 17.3 Å². The summed E-state index contributed by atoms with van der Waals surface area (Å²) in [5.41, 5.74) is 2.18. The minimum absolute atomic E-state index is 0. The molecule has 0 fully saturated rings. The molecule has 0 unspecified atom stereocenters. The van der Waals surface area contributed by atoms with Gasteiger partial charge in [0.15, 0.2) is 0 Å². The molecule has 5 nitrogen and oxygen atoms in total. The molecule has 4 rings (SSSR count). The van der Waals surface area contributed by atoms with Crippen molar-refractivity contribution in [1.82, 2.24) is 15.1 Å². The number of aromatic nitrogens is 2. The molecule has 0 aliphatic carbocycles. The lowest BCUT2D eigenvalue weighted by molar-refractivity contribution is -0.130. The van der Waals surface area contributed by atoms with Gasteiger partial charge in [-0.25, -0.2) is 9.07 Å². The number of nitrogens with one attached hydrogen (secondary N) is 1. The maximum atomic E-state index is 13.3. The smallest absolute Gasteiger partial charge is 0.225 e. The van der Waals surface area contributed by atoms with Crippen molar-refractivity contribution in [1.29, 1.82) is 0 Å². The summed E-state index contributed by atoms with van der Waals surface area (Å²) in [6.45, 7) is 7.84. The van der Waals surface area contributed by atoms with Crippen LogP contribution in [0, 0.1) is 11.2 Å². The molecule has 0 bridgehead atoms. The van der Waals surface area contributed by atoms with Crippen molar-refractivity contribution in [2.24, 2.45) is 5.41 Å². The molecule has 1 N–H and O–H groups in total. The molecule has 36 heavy (non-hydrogen) atoms. The molecular formula is C30H36FN3O2. The number of carbonyl (C=O) groups is 1. The lowest BCUT2D eigenvalue weighted by atomic mass is 9.92. The first-order valence-electron chi connectivity index (χ1n) is 12.0. The van der Waals surface area contributed by atoms with Crippen LogP contribution in [0.15, 0.2) is 79.0 Å². The predicted molar refractivity (Wildman–Crippen MR) is 144 cm³/mol. The van der Waals surface area contributed by atoms with Gasteiger partial charge in [-0.1, -0.05) is 71.9 Å². The Morgan fingerprint density at radius 1 is 1.06 bits per heavy atom. The summed E-state index contributed by atoms with van der Waals surface area (Å²) < 4.78 is 21.7. The SMILES string of the molecule is C.CCC[C@H](NC(=O)C(C)(C)C)[C@H](Oc1ccc2c(cnn2-c2ccc(F)cc2)c1)c1ccccc1. The van der Waals surface area contributed by atoms with Gasteiger partial charge in [0, 0.05) is 10.8 Å². The molecular weight excluding hydrogens is 453 g/mol. The van der Waals surface area contributed by atoms with Crippen LogP contribution in [0.1, 0.15) is 59.6 Å². The zero-order valence-corrected chi connectivity index (χ0v) is 20.7. The lowest BCUT2D eigenvalue weighted by Gasteiger charge is -2.31. The third-order valence-electron chi connectivity index (χ3n) is 5.96. The van der Waals surface area contributed by atoms with E-state index in [0.717, 1.165) is 35.0 Å². The van der Waals surface area contributed by atoms with Crippen molar-refractivity contribution in [3.8, 4) is 11.4 Å². The molecule has 2 atom stereocenters. The number of nitrogens with zero attached hydrogens (tertiary/aromatic N) is 2. The van der Waals surface area contributed by atoms with Crippen LogP contribution in [-0.2, 0) is 4.79 Å². The quantitative estimate of drug-likeness (QED) is 0.284. The van der Waals surface area contributed by atoms with Crippen molar-refractivity contribution in [2.45, 2.75) is 60.1 Å².